The first-order valence-corrected chi connectivity index (χ1v) is 7.57. The fraction of sp³-hybridized carbons (Fsp3) is 0.571. The number of fused-ring (bicyclic) bond motifs is 1. The highest BCUT2D eigenvalue weighted by Crippen LogP contribution is 2.32. The first-order valence-electron chi connectivity index (χ1n) is 6.77. The van der Waals surface area contributed by atoms with E-state index >= 15 is 0 Å². The maximum absolute atomic E-state index is 9.75. The molecule has 4 nitrogen and oxygen atoms in total. The minimum Gasteiger partial charge on any atom is -0.493 e. The van der Waals surface area contributed by atoms with E-state index < -0.39 is 0 Å². The third-order valence-electron chi connectivity index (χ3n) is 3.85. The molecule has 0 saturated carbocycles. The first-order chi connectivity index (χ1) is 9.24. The van der Waals surface area contributed by atoms with Crippen molar-refractivity contribution in [3.8, 4) is 5.75 Å². The van der Waals surface area contributed by atoms with Crippen molar-refractivity contribution in [2.45, 2.75) is 19.1 Å². The molecule has 2 heterocycles. The van der Waals surface area contributed by atoms with Crippen LogP contribution in [0.15, 0.2) is 16.6 Å². The van der Waals surface area contributed by atoms with E-state index in [9.17, 15) is 5.11 Å². The van der Waals surface area contributed by atoms with Gasteiger partial charge in [-0.1, -0.05) is 15.9 Å². The van der Waals surface area contributed by atoms with E-state index in [0.29, 0.717) is 12.5 Å². The number of hydrogen-bond donors (Lipinski definition) is 3. The Bertz CT molecular complexity index is 473. The van der Waals surface area contributed by atoms with Gasteiger partial charge in [0.15, 0.2) is 0 Å². The van der Waals surface area contributed by atoms with Gasteiger partial charge in [0.2, 0.25) is 0 Å². The minimum absolute atomic E-state index is 0. The Morgan fingerprint density at radius 1 is 1.40 bits per heavy atom. The van der Waals surface area contributed by atoms with Gasteiger partial charge in [-0.2, -0.15) is 0 Å². The molecular weight excluding hydrogens is 344 g/mol. The van der Waals surface area contributed by atoms with Crippen LogP contribution in [0.25, 0.3) is 0 Å². The van der Waals surface area contributed by atoms with Crippen LogP contribution in [-0.2, 0) is 13.0 Å². The Hall–Kier alpha value is -0.330. The van der Waals surface area contributed by atoms with Crippen molar-refractivity contribution in [1.29, 1.82) is 0 Å². The van der Waals surface area contributed by atoms with E-state index in [1.807, 2.05) is 0 Å². The van der Waals surface area contributed by atoms with E-state index in [2.05, 4.69) is 38.7 Å². The molecule has 2 aliphatic heterocycles. The number of ether oxygens (including phenoxy) is 1. The van der Waals surface area contributed by atoms with Crippen molar-refractivity contribution in [3.05, 3.63) is 27.7 Å². The second-order valence-corrected chi connectivity index (χ2v) is 6.18. The van der Waals surface area contributed by atoms with Gasteiger partial charge in [-0.3, -0.25) is 0 Å². The Kier molecular flexibility index (Phi) is 5.69. The second kappa shape index (κ2) is 7.09. The van der Waals surface area contributed by atoms with E-state index in [1.54, 1.807) is 0 Å². The van der Waals surface area contributed by atoms with Crippen LogP contribution in [0.2, 0.25) is 0 Å². The van der Waals surface area contributed by atoms with Gasteiger partial charge in [-0.05, 0) is 17.7 Å². The van der Waals surface area contributed by atoms with Crippen LogP contribution >= 0.6 is 28.3 Å². The van der Waals surface area contributed by atoms with Crippen molar-refractivity contribution in [2.24, 2.45) is 5.92 Å². The number of aliphatic hydroxyl groups excluding tert-OH is 1. The summed E-state index contributed by atoms with van der Waals surface area (Å²) >= 11 is 3.55. The molecule has 3 rings (SSSR count). The van der Waals surface area contributed by atoms with Crippen LogP contribution in [0.1, 0.15) is 11.1 Å². The number of hydrogen-bond acceptors (Lipinski definition) is 4. The maximum atomic E-state index is 9.75. The van der Waals surface area contributed by atoms with E-state index in [-0.39, 0.29) is 18.5 Å². The lowest BCUT2D eigenvalue weighted by molar-refractivity contribution is 0.146. The number of nitrogens with one attached hydrogen (secondary N) is 2. The summed E-state index contributed by atoms with van der Waals surface area (Å²) in [4.78, 5) is 0. The number of rotatable bonds is 4. The molecule has 0 spiro atoms. The molecule has 2 atom stereocenters. The van der Waals surface area contributed by atoms with E-state index in [4.69, 9.17) is 4.74 Å². The van der Waals surface area contributed by atoms with Crippen LogP contribution in [0.5, 0.6) is 5.75 Å². The van der Waals surface area contributed by atoms with Crippen molar-refractivity contribution in [2.75, 3.05) is 26.2 Å². The smallest absolute Gasteiger partial charge is 0.127 e. The molecule has 6 heteroatoms. The predicted octanol–water partition coefficient (Wildman–Crippen LogP) is 1.48. The summed E-state index contributed by atoms with van der Waals surface area (Å²) in [6.07, 6.45) is 0.768. The van der Waals surface area contributed by atoms with Gasteiger partial charge in [-0.15, -0.1) is 12.4 Å². The zero-order chi connectivity index (χ0) is 13.2. The third-order valence-corrected chi connectivity index (χ3v) is 4.31. The summed E-state index contributed by atoms with van der Waals surface area (Å²) < 4.78 is 6.81. The molecule has 112 valence electrons. The van der Waals surface area contributed by atoms with Gasteiger partial charge in [0, 0.05) is 48.6 Å². The summed E-state index contributed by atoms with van der Waals surface area (Å²) in [5.41, 5.74) is 2.48. The minimum atomic E-state index is -0.225. The molecule has 3 N–H and O–H groups in total. The highest BCUT2D eigenvalue weighted by atomic mass is 79.9. The Morgan fingerprint density at radius 3 is 3.00 bits per heavy atom. The highest BCUT2D eigenvalue weighted by Gasteiger charge is 2.24. The van der Waals surface area contributed by atoms with Crippen LogP contribution in [0.4, 0.5) is 0 Å². The molecule has 1 fully saturated rings. The van der Waals surface area contributed by atoms with Crippen molar-refractivity contribution < 1.29 is 9.84 Å². The quantitative estimate of drug-likeness (QED) is 0.758. The van der Waals surface area contributed by atoms with Gasteiger partial charge in [0.1, 0.15) is 5.75 Å². The van der Waals surface area contributed by atoms with Gasteiger partial charge < -0.3 is 20.5 Å². The number of benzene rings is 1. The topological polar surface area (TPSA) is 53.5 Å². The van der Waals surface area contributed by atoms with Crippen molar-refractivity contribution in [3.63, 3.8) is 0 Å². The maximum Gasteiger partial charge on any atom is 0.127 e. The molecule has 0 aromatic heterocycles. The molecule has 1 aromatic rings. The predicted molar refractivity (Wildman–Crippen MR) is 84.7 cm³/mol. The van der Waals surface area contributed by atoms with Gasteiger partial charge in [0.25, 0.3) is 0 Å². The van der Waals surface area contributed by atoms with Gasteiger partial charge in [-0.25, -0.2) is 0 Å². The molecule has 2 unspecified atom stereocenters. The molecule has 0 aliphatic carbocycles. The molecule has 0 bridgehead atoms. The highest BCUT2D eigenvalue weighted by molar-refractivity contribution is 9.10. The second-order valence-electron chi connectivity index (χ2n) is 5.27. The van der Waals surface area contributed by atoms with E-state index in [0.717, 1.165) is 42.9 Å². The summed E-state index contributed by atoms with van der Waals surface area (Å²) in [5.74, 6) is 1.35. The molecule has 1 aromatic carbocycles. The molecule has 0 amide bonds. The zero-order valence-electron chi connectivity index (χ0n) is 11.2. The van der Waals surface area contributed by atoms with Gasteiger partial charge in [0.05, 0.1) is 12.7 Å². The average Bonchev–Trinajstić information content (AvgIpc) is 2.98. The number of halogens is 2. The van der Waals surface area contributed by atoms with Crippen LogP contribution in [-0.4, -0.2) is 37.5 Å². The monoisotopic (exact) mass is 362 g/mol. The Balaban J connectivity index is 0.00000147. The average molecular weight is 364 g/mol. The molecule has 0 radical (unpaired) electrons. The largest absolute Gasteiger partial charge is 0.493 e. The zero-order valence-corrected chi connectivity index (χ0v) is 13.6. The lowest BCUT2D eigenvalue weighted by atomic mass is 10.1. The lowest BCUT2D eigenvalue weighted by Crippen LogP contribution is -2.30. The number of aliphatic hydroxyl groups is 1. The molecule has 20 heavy (non-hydrogen) atoms. The summed E-state index contributed by atoms with van der Waals surface area (Å²) in [5, 5.41) is 16.4. The molecular formula is C14H20BrClN2O2. The van der Waals surface area contributed by atoms with Crippen LogP contribution < -0.4 is 15.4 Å². The standard InChI is InChI=1S/C14H19BrN2O2.ClH/c15-12-3-9-1-2-19-14(9)10(4-12)5-16-6-11-7-17-8-13(11)18;/h3-4,11,13,16-18H,1-2,5-8H2;1H. The van der Waals surface area contributed by atoms with Crippen LogP contribution in [0, 0.1) is 5.92 Å². The lowest BCUT2D eigenvalue weighted by Gasteiger charge is -2.15. The summed E-state index contributed by atoms with van der Waals surface area (Å²) in [6.45, 7) is 3.99. The van der Waals surface area contributed by atoms with Gasteiger partial charge >= 0.3 is 0 Å². The van der Waals surface area contributed by atoms with Crippen molar-refractivity contribution >= 4 is 28.3 Å². The number of β-amino-alcohol motifs (C(OH)–C–C–N with tert-alkyl or cyclic N) is 1. The van der Waals surface area contributed by atoms with E-state index in [1.165, 1.54) is 11.1 Å². The normalized spacial score (nSPS) is 24.1. The summed E-state index contributed by atoms with van der Waals surface area (Å²) in [6, 6.07) is 4.25. The molecule has 2 aliphatic rings. The Labute approximate surface area is 133 Å². The SMILES string of the molecule is Cl.OC1CNCC1CNCc1cc(Br)cc2c1OCC2. The molecule has 1 saturated heterocycles. The summed E-state index contributed by atoms with van der Waals surface area (Å²) in [7, 11) is 0. The Morgan fingerprint density at radius 2 is 2.25 bits per heavy atom. The first kappa shape index (κ1) is 16.0. The van der Waals surface area contributed by atoms with Crippen molar-refractivity contribution in [1.82, 2.24) is 10.6 Å². The van der Waals surface area contributed by atoms with Crippen LogP contribution in [0.3, 0.4) is 0 Å². The third kappa shape index (κ3) is 3.46. The fourth-order valence-electron chi connectivity index (χ4n) is 2.80. The fourth-order valence-corrected chi connectivity index (χ4v) is 3.35.